The fraction of sp³-hybridized carbons (Fsp3) is 0.294. The van der Waals surface area contributed by atoms with Gasteiger partial charge in [-0.1, -0.05) is 18.5 Å². The van der Waals surface area contributed by atoms with Crippen LogP contribution in [-0.4, -0.2) is 26.8 Å². The molecule has 2 aromatic heterocycles. The third kappa shape index (κ3) is 2.78. The third-order valence-corrected chi connectivity index (χ3v) is 4.19. The first-order valence-electron chi connectivity index (χ1n) is 7.44. The molecular weight excluding hydrogens is 314 g/mol. The van der Waals surface area contributed by atoms with Crippen molar-refractivity contribution >= 4 is 22.6 Å². The minimum absolute atomic E-state index is 0.288. The van der Waals surface area contributed by atoms with E-state index in [9.17, 15) is 5.11 Å². The molecule has 1 N–H and O–H groups in total. The number of halogens is 1. The molecule has 0 aliphatic carbocycles. The number of fused-ring (bicyclic) bond motifs is 1. The lowest BCUT2D eigenvalue weighted by atomic mass is 10.1. The first kappa shape index (κ1) is 15.8. The minimum Gasteiger partial charge on any atom is -0.496 e. The maximum Gasteiger partial charge on any atom is 0.140 e. The number of aryl methyl sites for hydroxylation is 1. The molecule has 23 heavy (non-hydrogen) atoms. The van der Waals surface area contributed by atoms with Crippen LogP contribution >= 0.6 is 11.6 Å². The molecule has 5 nitrogen and oxygen atoms in total. The molecule has 2 heterocycles. The zero-order chi connectivity index (χ0) is 16.6. The second-order valence-corrected chi connectivity index (χ2v) is 5.70. The molecule has 0 radical (unpaired) electrons. The zero-order valence-electron chi connectivity index (χ0n) is 13.2. The molecule has 0 fully saturated rings. The number of methoxy groups -OCH3 is 1. The van der Waals surface area contributed by atoms with Crippen LogP contribution in [0.4, 0.5) is 0 Å². The van der Waals surface area contributed by atoms with Crippen molar-refractivity contribution in [3.05, 3.63) is 46.9 Å². The summed E-state index contributed by atoms with van der Waals surface area (Å²) in [5.74, 6) is 1.47. The zero-order valence-corrected chi connectivity index (χ0v) is 14.0. The number of imidazole rings is 1. The van der Waals surface area contributed by atoms with Gasteiger partial charge in [0.05, 0.1) is 24.2 Å². The summed E-state index contributed by atoms with van der Waals surface area (Å²) in [4.78, 5) is 8.81. The highest BCUT2D eigenvalue weighted by Gasteiger charge is 2.13. The Hall–Kier alpha value is -2.11. The number of benzene rings is 1. The van der Waals surface area contributed by atoms with Gasteiger partial charge in [-0.15, -0.1) is 0 Å². The number of pyridine rings is 1. The predicted octanol–water partition coefficient (Wildman–Crippen LogP) is 3.70. The second-order valence-electron chi connectivity index (χ2n) is 5.35. The van der Waals surface area contributed by atoms with E-state index in [0.29, 0.717) is 11.4 Å². The second kappa shape index (κ2) is 6.18. The van der Waals surface area contributed by atoms with Crippen molar-refractivity contribution in [2.24, 2.45) is 0 Å². The number of hydrogen-bond acceptors (Lipinski definition) is 4. The van der Waals surface area contributed by atoms with Gasteiger partial charge in [0.2, 0.25) is 0 Å². The van der Waals surface area contributed by atoms with E-state index in [1.54, 1.807) is 26.4 Å². The lowest BCUT2D eigenvalue weighted by molar-refractivity contribution is 0.199. The lowest BCUT2D eigenvalue weighted by Gasteiger charge is -2.11. The van der Waals surface area contributed by atoms with Crippen molar-refractivity contribution in [2.75, 3.05) is 7.11 Å². The van der Waals surface area contributed by atoms with E-state index < -0.39 is 6.10 Å². The van der Waals surface area contributed by atoms with Crippen molar-refractivity contribution in [1.82, 2.24) is 14.5 Å². The summed E-state index contributed by atoms with van der Waals surface area (Å²) in [5, 5.41) is 9.95. The molecule has 0 saturated carbocycles. The molecule has 120 valence electrons. The van der Waals surface area contributed by atoms with Crippen LogP contribution < -0.4 is 4.74 Å². The van der Waals surface area contributed by atoms with E-state index in [-0.39, 0.29) is 5.15 Å². The molecule has 3 aromatic rings. The molecular formula is C17H18ClN3O2. The molecule has 1 atom stereocenters. The number of hydrogen-bond donors (Lipinski definition) is 1. The van der Waals surface area contributed by atoms with Gasteiger partial charge in [-0.25, -0.2) is 9.97 Å². The number of aliphatic hydroxyl groups excluding tert-OH is 1. The predicted molar refractivity (Wildman–Crippen MR) is 90.4 cm³/mol. The molecule has 1 aromatic carbocycles. The van der Waals surface area contributed by atoms with Crippen LogP contribution in [0, 0.1) is 0 Å². The number of rotatable bonds is 4. The molecule has 1 unspecified atom stereocenters. The van der Waals surface area contributed by atoms with Gasteiger partial charge in [0.15, 0.2) is 0 Å². The number of aromatic nitrogens is 3. The van der Waals surface area contributed by atoms with E-state index >= 15 is 0 Å². The Kier molecular flexibility index (Phi) is 4.24. The van der Waals surface area contributed by atoms with E-state index in [1.807, 2.05) is 22.8 Å². The average Bonchev–Trinajstić information content (AvgIpc) is 2.95. The van der Waals surface area contributed by atoms with Gasteiger partial charge < -0.3 is 9.84 Å². The molecule has 0 amide bonds. The maximum atomic E-state index is 9.66. The normalized spacial score (nSPS) is 12.6. The van der Waals surface area contributed by atoms with Crippen LogP contribution in [0.25, 0.3) is 16.9 Å². The smallest absolute Gasteiger partial charge is 0.140 e. The van der Waals surface area contributed by atoms with Gasteiger partial charge in [0.1, 0.15) is 23.0 Å². The van der Waals surface area contributed by atoms with Gasteiger partial charge in [-0.2, -0.15) is 0 Å². The standard InChI is InChI=1S/C17H18ClN3O2/c1-4-11-7-13-14(8-15(11)23-3)21(9-19-13)16-6-5-12(10(2)22)17(18)20-16/h5-10,22H,4H2,1-3H3. The number of nitrogens with zero attached hydrogens (tertiary/aromatic N) is 3. The summed E-state index contributed by atoms with van der Waals surface area (Å²) < 4.78 is 7.31. The molecule has 3 rings (SSSR count). The molecule has 0 bridgehead atoms. The van der Waals surface area contributed by atoms with Crippen molar-refractivity contribution in [3.8, 4) is 11.6 Å². The monoisotopic (exact) mass is 331 g/mol. The van der Waals surface area contributed by atoms with Crippen LogP contribution in [0.1, 0.15) is 31.1 Å². The van der Waals surface area contributed by atoms with Crippen LogP contribution in [0.2, 0.25) is 5.15 Å². The first-order chi connectivity index (χ1) is 11.0. The Morgan fingerprint density at radius 1 is 1.35 bits per heavy atom. The first-order valence-corrected chi connectivity index (χ1v) is 7.81. The average molecular weight is 332 g/mol. The Balaban J connectivity index is 2.15. The quantitative estimate of drug-likeness (QED) is 0.740. The number of ether oxygens (including phenoxy) is 1. The van der Waals surface area contributed by atoms with Gasteiger partial charge in [0, 0.05) is 11.6 Å². The van der Waals surface area contributed by atoms with Crippen molar-refractivity contribution in [2.45, 2.75) is 26.4 Å². The molecule has 0 aliphatic rings. The maximum absolute atomic E-state index is 9.66. The Morgan fingerprint density at radius 3 is 2.74 bits per heavy atom. The van der Waals surface area contributed by atoms with Crippen LogP contribution in [0.5, 0.6) is 5.75 Å². The van der Waals surface area contributed by atoms with E-state index in [4.69, 9.17) is 16.3 Å². The van der Waals surface area contributed by atoms with Crippen LogP contribution in [0.3, 0.4) is 0 Å². The topological polar surface area (TPSA) is 60.2 Å². The Labute approximate surface area is 139 Å². The van der Waals surface area contributed by atoms with Gasteiger partial charge in [0.25, 0.3) is 0 Å². The molecule has 0 spiro atoms. The van der Waals surface area contributed by atoms with Crippen molar-refractivity contribution in [3.63, 3.8) is 0 Å². The third-order valence-electron chi connectivity index (χ3n) is 3.89. The van der Waals surface area contributed by atoms with Gasteiger partial charge >= 0.3 is 0 Å². The summed E-state index contributed by atoms with van der Waals surface area (Å²) in [6.45, 7) is 3.74. The number of aliphatic hydroxyl groups is 1. The summed E-state index contributed by atoms with van der Waals surface area (Å²) in [6.07, 6.45) is 1.93. The highest BCUT2D eigenvalue weighted by molar-refractivity contribution is 6.30. The van der Waals surface area contributed by atoms with Gasteiger partial charge in [-0.3, -0.25) is 4.57 Å². The SMILES string of the molecule is CCc1cc2ncn(-c3ccc(C(C)O)c(Cl)n3)c2cc1OC. The van der Waals surface area contributed by atoms with Crippen molar-refractivity contribution in [1.29, 1.82) is 0 Å². The summed E-state index contributed by atoms with van der Waals surface area (Å²) in [6, 6.07) is 7.57. The van der Waals surface area contributed by atoms with E-state index in [1.165, 1.54) is 0 Å². The fourth-order valence-corrected chi connectivity index (χ4v) is 2.92. The Morgan fingerprint density at radius 2 is 2.13 bits per heavy atom. The van der Waals surface area contributed by atoms with Crippen LogP contribution in [-0.2, 0) is 6.42 Å². The van der Waals surface area contributed by atoms with E-state index in [2.05, 4.69) is 16.9 Å². The largest absolute Gasteiger partial charge is 0.496 e. The lowest BCUT2D eigenvalue weighted by Crippen LogP contribution is -2.01. The highest BCUT2D eigenvalue weighted by Crippen LogP contribution is 2.28. The van der Waals surface area contributed by atoms with Crippen molar-refractivity contribution < 1.29 is 9.84 Å². The summed E-state index contributed by atoms with van der Waals surface area (Å²) in [5.41, 5.74) is 3.49. The van der Waals surface area contributed by atoms with E-state index in [0.717, 1.165) is 28.8 Å². The minimum atomic E-state index is -0.657. The molecule has 0 aliphatic heterocycles. The van der Waals surface area contributed by atoms with Crippen LogP contribution in [0.15, 0.2) is 30.6 Å². The molecule has 0 saturated heterocycles. The molecule has 6 heteroatoms. The Bertz CT molecular complexity index is 858. The van der Waals surface area contributed by atoms with Gasteiger partial charge in [-0.05, 0) is 37.1 Å². The summed E-state index contributed by atoms with van der Waals surface area (Å²) >= 11 is 6.17. The highest BCUT2D eigenvalue weighted by atomic mass is 35.5. The summed E-state index contributed by atoms with van der Waals surface area (Å²) in [7, 11) is 1.66. The fourth-order valence-electron chi connectivity index (χ4n) is 2.61.